The number of hydrogen-bond donors (Lipinski definition) is 0. The van der Waals surface area contributed by atoms with Crippen LogP contribution in [0.1, 0.15) is 21.9 Å². The predicted molar refractivity (Wildman–Crippen MR) is 91.6 cm³/mol. The number of carbonyl (C=O) groups is 1. The SMILES string of the molecule is Cc1noc(C)c1CN(C(=O)Cc1cccs1)c1ccccc1. The first-order valence-electron chi connectivity index (χ1n) is 7.44. The van der Waals surface area contributed by atoms with E-state index in [1.807, 2.05) is 61.7 Å². The second-order valence-corrected chi connectivity index (χ2v) is 6.41. The number of amides is 1. The molecule has 0 saturated carbocycles. The number of aromatic nitrogens is 1. The Morgan fingerprint density at radius 3 is 2.57 bits per heavy atom. The van der Waals surface area contributed by atoms with Gasteiger partial charge in [-0.05, 0) is 37.4 Å². The first kappa shape index (κ1) is 15.5. The molecule has 0 aliphatic carbocycles. The molecule has 2 aromatic heterocycles. The van der Waals surface area contributed by atoms with Gasteiger partial charge in [-0.2, -0.15) is 0 Å². The normalized spacial score (nSPS) is 10.7. The molecule has 0 bridgehead atoms. The molecule has 23 heavy (non-hydrogen) atoms. The molecule has 3 rings (SSSR count). The monoisotopic (exact) mass is 326 g/mol. The summed E-state index contributed by atoms with van der Waals surface area (Å²) in [6.07, 6.45) is 0.399. The summed E-state index contributed by atoms with van der Waals surface area (Å²) < 4.78 is 5.23. The molecule has 0 radical (unpaired) electrons. The minimum Gasteiger partial charge on any atom is -0.361 e. The van der Waals surface area contributed by atoms with Gasteiger partial charge in [0.2, 0.25) is 5.91 Å². The number of aryl methyl sites for hydroxylation is 2. The maximum absolute atomic E-state index is 12.8. The van der Waals surface area contributed by atoms with E-state index in [1.165, 1.54) is 0 Å². The molecule has 4 nitrogen and oxygen atoms in total. The second kappa shape index (κ2) is 6.79. The van der Waals surface area contributed by atoms with E-state index in [4.69, 9.17) is 4.52 Å². The van der Waals surface area contributed by atoms with Crippen LogP contribution in [-0.4, -0.2) is 11.1 Å². The van der Waals surface area contributed by atoms with E-state index >= 15 is 0 Å². The van der Waals surface area contributed by atoms with Gasteiger partial charge in [-0.15, -0.1) is 11.3 Å². The van der Waals surface area contributed by atoms with E-state index in [9.17, 15) is 4.79 Å². The standard InChI is InChI=1S/C18H18N2O2S/c1-13-17(14(2)22-19-13)12-20(15-7-4-3-5-8-15)18(21)11-16-9-6-10-23-16/h3-10H,11-12H2,1-2H3. The van der Waals surface area contributed by atoms with Crippen LogP contribution in [0.4, 0.5) is 5.69 Å². The molecule has 0 N–H and O–H groups in total. The maximum atomic E-state index is 12.8. The number of carbonyl (C=O) groups excluding carboxylic acids is 1. The van der Waals surface area contributed by atoms with E-state index in [2.05, 4.69) is 5.16 Å². The highest BCUT2D eigenvalue weighted by molar-refractivity contribution is 7.10. The number of anilines is 1. The van der Waals surface area contributed by atoms with Crippen molar-refractivity contribution in [3.63, 3.8) is 0 Å². The number of benzene rings is 1. The first-order chi connectivity index (χ1) is 11.1. The highest BCUT2D eigenvalue weighted by Crippen LogP contribution is 2.22. The zero-order valence-corrected chi connectivity index (χ0v) is 14.0. The van der Waals surface area contributed by atoms with Gasteiger partial charge in [0.25, 0.3) is 0 Å². The Labute approximate surface area is 139 Å². The second-order valence-electron chi connectivity index (χ2n) is 5.37. The van der Waals surface area contributed by atoms with Gasteiger partial charge in [0, 0.05) is 16.1 Å². The molecular weight excluding hydrogens is 308 g/mol. The summed E-state index contributed by atoms with van der Waals surface area (Å²) >= 11 is 1.60. The quantitative estimate of drug-likeness (QED) is 0.708. The van der Waals surface area contributed by atoms with Crippen molar-refractivity contribution in [3.05, 3.63) is 69.7 Å². The summed E-state index contributed by atoms with van der Waals surface area (Å²) in [6.45, 7) is 4.25. The van der Waals surface area contributed by atoms with Crippen molar-refractivity contribution in [1.82, 2.24) is 5.16 Å². The Kier molecular flexibility index (Phi) is 4.57. The lowest BCUT2D eigenvalue weighted by Gasteiger charge is -2.22. The average molecular weight is 326 g/mol. The lowest BCUT2D eigenvalue weighted by atomic mass is 10.1. The van der Waals surface area contributed by atoms with Gasteiger partial charge >= 0.3 is 0 Å². The van der Waals surface area contributed by atoms with Gasteiger partial charge in [0.1, 0.15) is 5.76 Å². The number of nitrogens with zero attached hydrogens (tertiary/aromatic N) is 2. The minimum atomic E-state index is 0.0682. The lowest BCUT2D eigenvalue weighted by Crippen LogP contribution is -2.31. The van der Waals surface area contributed by atoms with Crippen molar-refractivity contribution >= 4 is 22.9 Å². The Bertz CT molecular complexity index is 759. The van der Waals surface area contributed by atoms with Crippen LogP contribution in [0.2, 0.25) is 0 Å². The molecule has 0 saturated heterocycles. The molecule has 0 fully saturated rings. The molecular formula is C18H18N2O2S. The number of thiophene rings is 1. The van der Waals surface area contributed by atoms with Crippen LogP contribution in [0, 0.1) is 13.8 Å². The third-order valence-corrected chi connectivity index (χ3v) is 4.65. The number of rotatable bonds is 5. The van der Waals surface area contributed by atoms with Crippen LogP contribution in [0.25, 0.3) is 0 Å². The van der Waals surface area contributed by atoms with Crippen LogP contribution >= 0.6 is 11.3 Å². The molecule has 0 atom stereocenters. The van der Waals surface area contributed by atoms with Crippen molar-refractivity contribution in [2.75, 3.05) is 4.90 Å². The lowest BCUT2D eigenvalue weighted by molar-refractivity contribution is -0.118. The summed E-state index contributed by atoms with van der Waals surface area (Å²) in [5.74, 6) is 0.825. The summed E-state index contributed by atoms with van der Waals surface area (Å²) in [6, 6.07) is 13.7. The summed E-state index contributed by atoms with van der Waals surface area (Å²) in [4.78, 5) is 15.7. The zero-order valence-electron chi connectivity index (χ0n) is 13.2. The van der Waals surface area contributed by atoms with E-state index in [0.29, 0.717) is 13.0 Å². The van der Waals surface area contributed by atoms with E-state index in [1.54, 1.807) is 16.2 Å². The van der Waals surface area contributed by atoms with Gasteiger partial charge in [0.15, 0.2) is 0 Å². The zero-order chi connectivity index (χ0) is 16.2. The van der Waals surface area contributed by atoms with Gasteiger partial charge in [-0.3, -0.25) is 4.79 Å². The molecule has 0 aliphatic heterocycles. The fourth-order valence-corrected chi connectivity index (χ4v) is 3.17. The third-order valence-electron chi connectivity index (χ3n) is 3.77. The molecule has 5 heteroatoms. The highest BCUT2D eigenvalue weighted by atomic mass is 32.1. The fraction of sp³-hybridized carbons (Fsp3) is 0.222. The van der Waals surface area contributed by atoms with Crippen LogP contribution in [0.5, 0.6) is 0 Å². The Morgan fingerprint density at radius 1 is 1.17 bits per heavy atom. The topological polar surface area (TPSA) is 46.3 Å². The number of para-hydroxylation sites is 1. The van der Waals surface area contributed by atoms with Crippen LogP contribution < -0.4 is 4.90 Å². The van der Waals surface area contributed by atoms with Gasteiger partial charge < -0.3 is 9.42 Å². The Balaban J connectivity index is 1.89. The largest absolute Gasteiger partial charge is 0.361 e. The maximum Gasteiger partial charge on any atom is 0.232 e. The van der Waals surface area contributed by atoms with Crippen molar-refractivity contribution in [2.24, 2.45) is 0 Å². The number of hydrogen-bond acceptors (Lipinski definition) is 4. The molecule has 118 valence electrons. The van der Waals surface area contributed by atoms with Crippen LogP contribution in [0.3, 0.4) is 0 Å². The molecule has 0 spiro atoms. The highest BCUT2D eigenvalue weighted by Gasteiger charge is 2.20. The predicted octanol–water partition coefficient (Wildman–Crippen LogP) is 4.13. The average Bonchev–Trinajstić information content (AvgIpc) is 3.17. The molecule has 1 amide bonds. The van der Waals surface area contributed by atoms with Gasteiger partial charge in [-0.1, -0.05) is 29.4 Å². The van der Waals surface area contributed by atoms with E-state index in [0.717, 1.165) is 27.6 Å². The van der Waals surface area contributed by atoms with Crippen molar-refractivity contribution in [1.29, 1.82) is 0 Å². The van der Waals surface area contributed by atoms with Crippen molar-refractivity contribution in [3.8, 4) is 0 Å². The molecule has 0 aliphatic rings. The fourth-order valence-electron chi connectivity index (χ4n) is 2.47. The van der Waals surface area contributed by atoms with E-state index < -0.39 is 0 Å². The van der Waals surface area contributed by atoms with Crippen molar-refractivity contribution in [2.45, 2.75) is 26.8 Å². The third kappa shape index (κ3) is 3.51. The Hall–Kier alpha value is -2.40. The summed E-state index contributed by atoms with van der Waals surface area (Å²) in [5, 5.41) is 5.98. The van der Waals surface area contributed by atoms with Crippen LogP contribution in [0.15, 0.2) is 52.4 Å². The molecule has 2 heterocycles. The van der Waals surface area contributed by atoms with Gasteiger partial charge in [0.05, 0.1) is 18.7 Å². The van der Waals surface area contributed by atoms with Gasteiger partial charge in [-0.25, -0.2) is 0 Å². The van der Waals surface area contributed by atoms with E-state index in [-0.39, 0.29) is 5.91 Å². The summed E-state index contributed by atoms with van der Waals surface area (Å²) in [5.41, 5.74) is 2.68. The summed E-state index contributed by atoms with van der Waals surface area (Å²) in [7, 11) is 0. The minimum absolute atomic E-state index is 0.0682. The molecule has 3 aromatic rings. The Morgan fingerprint density at radius 2 is 1.96 bits per heavy atom. The van der Waals surface area contributed by atoms with Crippen LogP contribution in [-0.2, 0) is 17.8 Å². The first-order valence-corrected chi connectivity index (χ1v) is 8.32. The molecule has 0 unspecified atom stereocenters. The van der Waals surface area contributed by atoms with Crippen molar-refractivity contribution < 1.29 is 9.32 Å². The smallest absolute Gasteiger partial charge is 0.232 e. The molecule has 1 aromatic carbocycles.